The van der Waals surface area contributed by atoms with E-state index in [-0.39, 0.29) is 0 Å². The number of hydrogen-bond donors (Lipinski definition) is 1. The molecule has 0 amide bonds. The van der Waals surface area contributed by atoms with E-state index in [2.05, 4.69) is 22.2 Å². The lowest BCUT2D eigenvalue weighted by molar-refractivity contribution is 0.0642. The van der Waals surface area contributed by atoms with Crippen molar-refractivity contribution in [3.8, 4) is 5.88 Å². The highest BCUT2D eigenvalue weighted by Crippen LogP contribution is 2.14. The molecule has 0 radical (unpaired) electrons. The lowest BCUT2D eigenvalue weighted by Gasteiger charge is -2.09. The fourth-order valence-corrected chi connectivity index (χ4v) is 1.59. The molecular formula is C14H25N3O3. The van der Waals surface area contributed by atoms with Crippen LogP contribution in [0.15, 0.2) is 6.07 Å². The lowest BCUT2D eigenvalue weighted by atomic mass is 10.3. The van der Waals surface area contributed by atoms with Gasteiger partial charge in [0.15, 0.2) is 0 Å². The molecule has 0 aliphatic carbocycles. The summed E-state index contributed by atoms with van der Waals surface area (Å²) in [5.41, 5.74) is 0. The van der Waals surface area contributed by atoms with Crippen LogP contribution in [0.25, 0.3) is 0 Å². The summed E-state index contributed by atoms with van der Waals surface area (Å²) in [6.45, 7) is 4.59. The van der Waals surface area contributed by atoms with E-state index in [0.29, 0.717) is 32.3 Å². The number of aromatic nitrogens is 2. The van der Waals surface area contributed by atoms with E-state index in [1.165, 1.54) is 0 Å². The van der Waals surface area contributed by atoms with Crippen molar-refractivity contribution in [1.82, 2.24) is 9.97 Å². The van der Waals surface area contributed by atoms with Gasteiger partial charge in [-0.05, 0) is 6.42 Å². The minimum atomic E-state index is 0.582. The summed E-state index contributed by atoms with van der Waals surface area (Å²) in [4.78, 5) is 8.76. The normalized spacial score (nSPS) is 10.6. The molecule has 1 N–H and O–H groups in total. The Balaban J connectivity index is 2.33. The zero-order valence-corrected chi connectivity index (χ0v) is 12.6. The number of nitrogens with zero attached hydrogens (tertiary/aromatic N) is 2. The molecule has 20 heavy (non-hydrogen) atoms. The Bertz CT molecular complexity index is 375. The molecule has 1 rings (SSSR count). The van der Waals surface area contributed by atoms with Crippen LogP contribution in [0.4, 0.5) is 5.82 Å². The van der Waals surface area contributed by atoms with Gasteiger partial charge in [0.1, 0.15) is 11.6 Å². The van der Waals surface area contributed by atoms with Crippen LogP contribution in [0.1, 0.15) is 25.6 Å². The van der Waals surface area contributed by atoms with Crippen molar-refractivity contribution in [2.24, 2.45) is 0 Å². The predicted octanol–water partition coefficient (Wildman–Crippen LogP) is 1.90. The van der Waals surface area contributed by atoms with Crippen molar-refractivity contribution in [3.05, 3.63) is 11.9 Å². The highest BCUT2D eigenvalue weighted by molar-refractivity contribution is 5.37. The Kier molecular flexibility index (Phi) is 8.66. The minimum Gasteiger partial charge on any atom is -0.477 e. The van der Waals surface area contributed by atoms with Gasteiger partial charge in [-0.1, -0.05) is 6.92 Å². The van der Waals surface area contributed by atoms with E-state index in [1.807, 2.05) is 13.1 Å². The van der Waals surface area contributed by atoms with Gasteiger partial charge in [0.2, 0.25) is 5.88 Å². The smallest absolute Gasteiger partial charge is 0.218 e. The summed E-state index contributed by atoms with van der Waals surface area (Å²) < 4.78 is 15.9. The van der Waals surface area contributed by atoms with Crippen molar-refractivity contribution < 1.29 is 14.2 Å². The fraction of sp³-hybridized carbons (Fsp3) is 0.714. The average Bonchev–Trinajstić information content (AvgIpc) is 2.46. The number of hydrogen-bond acceptors (Lipinski definition) is 6. The van der Waals surface area contributed by atoms with Gasteiger partial charge in [-0.2, -0.15) is 4.98 Å². The first kappa shape index (κ1) is 16.7. The minimum absolute atomic E-state index is 0.582. The topological polar surface area (TPSA) is 65.5 Å². The van der Waals surface area contributed by atoms with Crippen molar-refractivity contribution in [3.63, 3.8) is 0 Å². The van der Waals surface area contributed by atoms with Crippen LogP contribution in [0.5, 0.6) is 5.88 Å². The molecule has 0 aliphatic rings. The van der Waals surface area contributed by atoms with Gasteiger partial charge in [-0.15, -0.1) is 0 Å². The van der Waals surface area contributed by atoms with Crippen LogP contribution < -0.4 is 10.1 Å². The quantitative estimate of drug-likeness (QED) is 0.626. The second-order valence-electron chi connectivity index (χ2n) is 4.31. The molecule has 1 aromatic heterocycles. The van der Waals surface area contributed by atoms with E-state index in [0.717, 1.165) is 30.9 Å². The van der Waals surface area contributed by atoms with Crippen molar-refractivity contribution in [1.29, 1.82) is 0 Å². The van der Waals surface area contributed by atoms with Crippen LogP contribution in [-0.4, -0.2) is 50.6 Å². The monoisotopic (exact) mass is 283 g/mol. The van der Waals surface area contributed by atoms with Gasteiger partial charge in [0.25, 0.3) is 0 Å². The van der Waals surface area contributed by atoms with Crippen molar-refractivity contribution in [2.45, 2.75) is 26.2 Å². The van der Waals surface area contributed by atoms with E-state index in [4.69, 9.17) is 14.2 Å². The standard InChI is InChI=1S/C14H25N3O3/c1-4-6-12-16-13(15-2)11-14(17-12)20-8-5-7-19-10-9-18-3/h11H,4-10H2,1-3H3,(H,15,16,17). The van der Waals surface area contributed by atoms with Crippen LogP contribution in [0.3, 0.4) is 0 Å². The summed E-state index contributed by atoms with van der Waals surface area (Å²) >= 11 is 0. The van der Waals surface area contributed by atoms with Gasteiger partial charge < -0.3 is 19.5 Å². The number of rotatable bonds is 11. The number of methoxy groups -OCH3 is 1. The van der Waals surface area contributed by atoms with Gasteiger partial charge in [0, 0.05) is 39.7 Å². The second kappa shape index (κ2) is 10.4. The van der Waals surface area contributed by atoms with Crippen LogP contribution in [-0.2, 0) is 15.9 Å². The number of ether oxygens (including phenoxy) is 3. The highest BCUT2D eigenvalue weighted by atomic mass is 16.5. The molecule has 1 aromatic rings. The Morgan fingerprint density at radius 3 is 2.70 bits per heavy atom. The molecular weight excluding hydrogens is 258 g/mol. The molecule has 114 valence electrons. The summed E-state index contributed by atoms with van der Waals surface area (Å²) in [6.07, 6.45) is 2.69. The molecule has 6 heteroatoms. The van der Waals surface area contributed by atoms with Crippen molar-refractivity contribution in [2.75, 3.05) is 45.9 Å². The Morgan fingerprint density at radius 2 is 2.00 bits per heavy atom. The zero-order chi connectivity index (χ0) is 14.6. The number of anilines is 1. The molecule has 0 bridgehead atoms. The summed E-state index contributed by atoms with van der Waals surface area (Å²) in [7, 11) is 3.50. The summed E-state index contributed by atoms with van der Waals surface area (Å²) in [5.74, 6) is 2.21. The maximum absolute atomic E-state index is 5.64. The largest absolute Gasteiger partial charge is 0.477 e. The van der Waals surface area contributed by atoms with E-state index in [1.54, 1.807) is 7.11 Å². The fourth-order valence-electron chi connectivity index (χ4n) is 1.59. The van der Waals surface area contributed by atoms with E-state index in [9.17, 15) is 0 Å². The molecule has 0 unspecified atom stereocenters. The van der Waals surface area contributed by atoms with Crippen LogP contribution in [0.2, 0.25) is 0 Å². The molecule has 0 atom stereocenters. The Labute approximate surface area is 120 Å². The maximum Gasteiger partial charge on any atom is 0.218 e. The van der Waals surface area contributed by atoms with Crippen LogP contribution >= 0.6 is 0 Å². The summed E-state index contributed by atoms with van der Waals surface area (Å²) in [6, 6.07) is 1.81. The Hall–Kier alpha value is -1.40. The third-order valence-electron chi connectivity index (χ3n) is 2.59. The summed E-state index contributed by atoms with van der Waals surface area (Å²) in [5, 5.41) is 3.02. The maximum atomic E-state index is 5.64. The molecule has 0 saturated carbocycles. The number of nitrogens with one attached hydrogen (secondary N) is 1. The van der Waals surface area contributed by atoms with Gasteiger partial charge in [-0.3, -0.25) is 0 Å². The van der Waals surface area contributed by atoms with Gasteiger partial charge >= 0.3 is 0 Å². The third-order valence-corrected chi connectivity index (χ3v) is 2.59. The Morgan fingerprint density at radius 1 is 1.15 bits per heavy atom. The molecule has 0 saturated heterocycles. The molecule has 0 aliphatic heterocycles. The van der Waals surface area contributed by atoms with E-state index >= 15 is 0 Å². The van der Waals surface area contributed by atoms with E-state index < -0.39 is 0 Å². The zero-order valence-electron chi connectivity index (χ0n) is 12.6. The lowest BCUT2D eigenvalue weighted by Crippen LogP contribution is -2.08. The predicted molar refractivity (Wildman–Crippen MR) is 78.4 cm³/mol. The first-order valence-corrected chi connectivity index (χ1v) is 7.05. The average molecular weight is 283 g/mol. The number of aryl methyl sites for hydroxylation is 1. The SMILES string of the molecule is CCCc1nc(NC)cc(OCCCOCCOC)n1. The molecule has 0 fully saturated rings. The second-order valence-corrected chi connectivity index (χ2v) is 4.31. The molecule has 0 aromatic carbocycles. The highest BCUT2D eigenvalue weighted by Gasteiger charge is 2.04. The molecule has 0 spiro atoms. The van der Waals surface area contributed by atoms with Crippen LogP contribution in [0, 0.1) is 0 Å². The molecule has 1 heterocycles. The van der Waals surface area contributed by atoms with Gasteiger partial charge in [0.05, 0.1) is 19.8 Å². The first-order valence-electron chi connectivity index (χ1n) is 7.05. The first-order chi connectivity index (χ1) is 9.80. The van der Waals surface area contributed by atoms with Gasteiger partial charge in [-0.25, -0.2) is 4.98 Å². The third kappa shape index (κ3) is 6.68. The molecule has 6 nitrogen and oxygen atoms in total. The van der Waals surface area contributed by atoms with Crippen molar-refractivity contribution >= 4 is 5.82 Å².